The van der Waals surface area contributed by atoms with Crippen molar-refractivity contribution < 1.29 is 9.53 Å². The molecule has 1 atom stereocenters. The maximum atomic E-state index is 12.0. The number of hydrogen-bond donors (Lipinski definition) is 2. The number of carbonyl (C=O) groups excluding carboxylic acids is 1. The average molecular weight is 349 g/mol. The van der Waals surface area contributed by atoms with Gasteiger partial charge in [-0.15, -0.1) is 0 Å². The third-order valence-electron chi connectivity index (χ3n) is 3.05. The molecule has 0 aliphatic heterocycles. The number of benzene rings is 2. The van der Waals surface area contributed by atoms with Crippen LogP contribution in [0.2, 0.25) is 0 Å². The van der Waals surface area contributed by atoms with Crippen molar-refractivity contribution in [1.29, 1.82) is 0 Å². The van der Waals surface area contributed by atoms with Gasteiger partial charge in [0, 0.05) is 16.2 Å². The lowest BCUT2D eigenvalue weighted by Gasteiger charge is -2.15. The van der Waals surface area contributed by atoms with Crippen LogP contribution in [-0.2, 0) is 0 Å². The molecule has 4 nitrogen and oxygen atoms in total. The minimum atomic E-state index is -0.251. The molecule has 0 saturated carbocycles. The van der Waals surface area contributed by atoms with Gasteiger partial charge in [-0.3, -0.25) is 0 Å². The second-order valence-corrected chi connectivity index (χ2v) is 5.52. The highest BCUT2D eigenvalue weighted by Crippen LogP contribution is 2.18. The average Bonchev–Trinajstić information content (AvgIpc) is 2.47. The molecule has 5 heteroatoms. The summed E-state index contributed by atoms with van der Waals surface area (Å²) in [4.78, 5) is 12.0. The smallest absolute Gasteiger partial charge is 0.319 e. The van der Waals surface area contributed by atoms with Crippen LogP contribution in [0.15, 0.2) is 53.0 Å². The Morgan fingerprint density at radius 2 is 1.90 bits per heavy atom. The highest BCUT2D eigenvalue weighted by Gasteiger charge is 2.09. The lowest BCUT2D eigenvalue weighted by molar-refractivity contribution is 0.249. The molecule has 0 aliphatic rings. The lowest BCUT2D eigenvalue weighted by Crippen LogP contribution is -2.31. The van der Waals surface area contributed by atoms with Gasteiger partial charge in [0.1, 0.15) is 5.75 Å². The van der Waals surface area contributed by atoms with Crippen LogP contribution >= 0.6 is 15.9 Å². The van der Waals surface area contributed by atoms with Gasteiger partial charge in [-0.1, -0.05) is 34.1 Å². The maximum Gasteiger partial charge on any atom is 0.319 e. The molecule has 1 unspecified atom stereocenters. The van der Waals surface area contributed by atoms with E-state index in [1.165, 1.54) is 0 Å². The topological polar surface area (TPSA) is 50.4 Å². The minimum absolute atomic E-state index is 0.0799. The molecular formula is C16H17BrN2O2. The first-order valence-electron chi connectivity index (χ1n) is 6.55. The highest BCUT2D eigenvalue weighted by atomic mass is 79.9. The summed E-state index contributed by atoms with van der Waals surface area (Å²) in [6.07, 6.45) is 0. The van der Waals surface area contributed by atoms with Crippen molar-refractivity contribution in [1.82, 2.24) is 5.32 Å². The number of amides is 2. The fraction of sp³-hybridized carbons (Fsp3) is 0.188. The van der Waals surface area contributed by atoms with Crippen LogP contribution in [0.3, 0.4) is 0 Å². The first kappa shape index (κ1) is 15.4. The minimum Gasteiger partial charge on any atom is -0.497 e. The summed E-state index contributed by atoms with van der Waals surface area (Å²) >= 11 is 3.39. The summed E-state index contributed by atoms with van der Waals surface area (Å²) in [5.41, 5.74) is 1.73. The Labute approximate surface area is 132 Å². The van der Waals surface area contributed by atoms with Crippen molar-refractivity contribution in [2.24, 2.45) is 0 Å². The summed E-state index contributed by atoms with van der Waals surface area (Å²) in [6.45, 7) is 1.94. The molecule has 0 aliphatic carbocycles. The number of rotatable bonds is 4. The van der Waals surface area contributed by atoms with Crippen LogP contribution in [0.5, 0.6) is 5.75 Å². The second kappa shape index (κ2) is 7.13. The predicted octanol–water partition coefficient (Wildman–Crippen LogP) is 4.34. The summed E-state index contributed by atoms with van der Waals surface area (Å²) < 4.78 is 6.14. The van der Waals surface area contributed by atoms with Crippen molar-refractivity contribution in [3.05, 3.63) is 58.6 Å². The fourth-order valence-corrected chi connectivity index (χ4v) is 2.16. The van der Waals surface area contributed by atoms with E-state index in [0.717, 1.165) is 10.0 Å². The Morgan fingerprint density at radius 1 is 1.19 bits per heavy atom. The Kier molecular flexibility index (Phi) is 5.22. The highest BCUT2D eigenvalue weighted by molar-refractivity contribution is 9.10. The molecule has 2 aromatic carbocycles. The van der Waals surface area contributed by atoms with E-state index in [-0.39, 0.29) is 12.1 Å². The van der Waals surface area contributed by atoms with Crippen LogP contribution in [0, 0.1) is 0 Å². The van der Waals surface area contributed by atoms with E-state index in [0.29, 0.717) is 11.4 Å². The molecule has 110 valence electrons. The van der Waals surface area contributed by atoms with Crippen molar-refractivity contribution in [2.45, 2.75) is 13.0 Å². The van der Waals surface area contributed by atoms with Crippen molar-refractivity contribution in [2.75, 3.05) is 12.4 Å². The van der Waals surface area contributed by atoms with Crippen LogP contribution in [0.25, 0.3) is 0 Å². The SMILES string of the molecule is COc1cccc(NC(=O)NC(C)c2ccc(Br)cc2)c1. The van der Waals surface area contributed by atoms with Crippen molar-refractivity contribution >= 4 is 27.6 Å². The number of nitrogens with one attached hydrogen (secondary N) is 2. The number of anilines is 1. The predicted molar refractivity (Wildman–Crippen MR) is 87.7 cm³/mol. The van der Waals surface area contributed by atoms with Gasteiger partial charge in [-0.05, 0) is 36.8 Å². The standard InChI is InChI=1S/C16H17BrN2O2/c1-11(12-6-8-13(17)9-7-12)18-16(20)19-14-4-3-5-15(10-14)21-2/h3-11H,1-2H3,(H2,18,19,20). The van der Waals surface area contributed by atoms with Gasteiger partial charge in [0.05, 0.1) is 13.2 Å². The molecule has 2 amide bonds. The number of methoxy groups -OCH3 is 1. The second-order valence-electron chi connectivity index (χ2n) is 4.60. The molecule has 0 fully saturated rings. The Morgan fingerprint density at radius 3 is 2.57 bits per heavy atom. The van der Waals surface area contributed by atoms with E-state index in [1.54, 1.807) is 13.2 Å². The summed E-state index contributed by atoms with van der Waals surface area (Å²) in [7, 11) is 1.59. The van der Waals surface area contributed by atoms with Gasteiger partial charge in [-0.2, -0.15) is 0 Å². The van der Waals surface area contributed by atoms with E-state index >= 15 is 0 Å². The molecular weight excluding hydrogens is 332 g/mol. The van der Waals surface area contributed by atoms with Gasteiger partial charge in [0.25, 0.3) is 0 Å². The first-order valence-corrected chi connectivity index (χ1v) is 7.35. The van der Waals surface area contributed by atoms with E-state index in [1.807, 2.05) is 49.4 Å². The number of ether oxygens (including phenoxy) is 1. The zero-order chi connectivity index (χ0) is 15.2. The molecule has 2 rings (SSSR count). The normalized spacial score (nSPS) is 11.6. The molecule has 0 heterocycles. The molecule has 2 N–H and O–H groups in total. The van der Waals surface area contributed by atoms with Crippen molar-refractivity contribution in [3.63, 3.8) is 0 Å². The van der Waals surface area contributed by atoms with E-state index in [2.05, 4.69) is 26.6 Å². The van der Waals surface area contributed by atoms with Gasteiger partial charge >= 0.3 is 6.03 Å². The quantitative estimate of drug-likeness (QED) is 0.863. The van der Waals surface area contributed by atoms with Crippen LogP contribution < -0.4 is 15.4 Å². The summed E-state index contributed by atoms with van der Waals surface area (Å²) in [5, 5.41) is 5.68. The Balaban J connectivity index is 1.96. The summed E-state index contributed by atoms with van der Waals surface area (Å²) in [6, 6.07) is 14.8. The van der Waals surface area contributed by atoms with Crippen molar-refractivity contribution in [3.8, 4) is 5.75 Å². The molecule has 21 heavy (non-hydrogen) atoms. The van der Waals surface area contributed by atoms with Gasteiger partial charge < -0.3 is 15.4 Å². The molecule has 0 saturated heterocycles. The number of hydrogen-bond acceptors (Lipinski definition) is 2. The maximum absolute atomic E-state index is 12.0. The molecule has 2 aromatic rings. The van der Waals surface area contributed by atoms with Crippen LogP contribution in [0.1, 0.15) is 18.5 Å². The van der Waals surface area contributed by atoms with Crippen LogP contribution in [0.4, 0.5) is 10.5 Å². The third-order valence-corrected chi connectivity index (χ3v) is 3.57. The third kappa shape index (κ3) is 4.49. The molecule has 0 spiro atoms. The zero-order valence-corrected chi connectivity index (χ0v) is 13.5. The van der Waals surface area contributed by atoms with Gasteiger partial charge in [0.2, 0.25) is 0 Å². The zero-order valence-electron chi connectivity index (χ0n) is 11.9. The molecule has 0 bridgehead atoms. The van der Waals surface area contributed by atoms with Gasteiger partial charge in [0.15, 0.2) is 0 Å². The van der Waals surface area contributed by atoms with E-state index in [9.17, 15) is 4.79 Å². The van der Waals surface area contributed by atoms with Crippen LogP contribution in [-0.4, -0.2) is 13.1 Å². The lowest BCUT2D eigenvalue weighted by atomic mass is 10.1. The van der Waals surface area contributed by atoms with E-state index < -0.39 is 0 Å². The molecule has 0 aromatic heterocycles. The monoisotopic (exact) mass is 348 g/mol. The number of halogens is 1. The van der Waals surface area contributed by atoms with Gasteiger partial charge in [-0.25, -0.2) is 4.79 Å². The number of urea groups is 1. The Hall–Kier alpha value is -2.01. The fourth-order valence-electron chi connectivity index (χ4n) is 1.90. The Bertz CT molecular complexity index is 614. The first-order chi connectivity index (χ1) is 10.1. The largest absolute Gasteiger partial charge is 0.497 e. The number of carbonyl (C=O) groups is 1. The van der Waals surface area contributed by atoms with E-state index in [4.69, 9.17) is 4.74 Å². The molecule has 0 radical (unpaired) electrons. The summed E-state index contributed by atoms with van der Waals surface area (Å²) in [5.74, 6) is 0.703.